The van der Waals surface area contributed by atoms with E-state index in [1.54, 1.807) is 7.05 Å². The van der Waals surface area contributed by atoms with E-state index in [2.05, 4.69) is 29.1 Å². The van der Waals surface area contributed by atoms with E-state index in [1.165, 1.54) is 24.5 Å². The van der Waals surface area contributed by atoms with Crippen LogP contribution in [0.4, 0.5) is 5.95 Å². The number of fused-ring (bicyclic) bond motifs is 1. The van der Waals surface area contributed by atoms with Gasteiger partial charge in [-0.3, -0.25) is 13.9 Å². The summed E-state index contributed by atoms with van der Waals surface area (Å²) in [6, 6.07) is 0. The highest BCUT2D eigenvalue weighted by Gasteiger charge is 2.38. The summed E-state index contributed by atoms with van der Waals surface area (Å²) in [5.74, 6) is 1.16. The predicted octanol–water partition coefficient (Wildman–Crippen LogP) is 0.561. The van der Waals surface area contributed by atoms with Gasteiger partial charge in [0, 0.05) is 19.6 Å². The van der Waals surface area contributed by atoms with Crippen LogP contribution in [0.5, 0.6) is 0 Å². The number of H-pyrrole nitrogens is 1. The van der Waals surface area contributed by atoms with Gasteiger partial charge in [-0.25, -0.2) is 4.79 Å². The molecule has 108 valence electrons. The molecule has 1 aliphatic rings. The smallest absolute Gasteiger partial charge is 0.332 e. The molecule has 1 saturated carbocycles. The lowest BCUT2D eigenvalue weighted by atomic mass is 9.99. The van der Waals surface area contributed by atoms with E-state index in [4.69, 9.17) is 0 Å². The van der Waals surface area contributed by atoms with Crippen LogP contribution in [0, 0.1) is 5.92 Å². The summed E-state index contributed by atoms with van der Waals surface area (Å²) in [6.45, 7) is 4.24. The van der Waals surface area contributed by atoms with E-state index in [9.17, 15) is 9.59 Å². The average Bonchev–Trinajstić information content (AvgIpc) is 3.16. The molecule has 2 N–H and O–H groups in total. The van der Waals surface area contributed by atoms with Gasteiger partial charge in [0.2, 0.25) is 5.95 Å². The number of imidazole rings is 1. The third kappa shape index (κ3) is 1.85. The first-order valence-electron chi connectivity index (χ1n) is 6.75. The lowest BCUT2D eigenvalue weighted by Crippen LogP contribution is -2.36. The van der Waals surface area contributed by atoms with Crippen LogP contribution in [-0.4, -0.2) is 24.6 Å². The maximum atomic E-state index is 12.1. The Morgan fingerprint density at radius 2 is 1.90 bits per heavy atom. The summed E-state index contributed by atoms with van der Waals surface area (Å²) in [5, 5.41) is 3.33. The van der Waals surface area contributed by atoms with Crippen LogP contribution in [0.15, 0.2) is 9.59 Å². The largest absolute Gasteiger partial charge is 0.351 e. The molecular weight excluding hydrogens is 258 g/mol. The molecule has 0 aliphatic heterocycles. The van der Waals surface area contributed by atoms with Gasteiger partial charge in [0.1, 0.15) is 0 Å². The first-order valence-corrected chi connectivity index (χ1v) is 6.75. The van der Waals surface area contributed by atoms with Crippen molar-refractivity contribution in [3.05, 3.63) is 20.8 Å². The Morgan fingerprint density at radius 1 is 1.25 bits per heavy atom. The first-order chi connectivity index (χ1) is 9.31. The zero-order valence-electron chi connectivity index (χ0n) is 12.1. The van der Waals surface area contributed by atoms with Gasteiger partial charge in [0.25, 0.3) is 5.56 Å². The quantitative estimate of drug-likeness (QED) is 0.858. The lowest BCUT2D eigenvalue weighted by Gasteiger charge is -2.25. The summed E-state index contributed by atoms with van der Waals surface area (Å²) in [6.07, 6.45) is 2.42. The monoisotopic (exact) mass is 277 g/mol. The van der Waals surface area contributed by atoms with E-state index in [-0.39, 0.29) is 16.8 Å². The minimum absolute atomic E-state index is 0.0715. The van der Waals surface area contributed by atoms with E-state index < -0.39 is 0 Å². The number of hydrogen-bond acceptors (Lipinski definition) is 4. The van der Waals surface area contributed by atoms with E-state index in [1.807, 2.05) is 0 Å². The molecule has 1 fully saturated rings. The van der Waals surface area contributed by atoms with Crippen LogP contribution >= 0.6 is 0 Å². The molecule has 0 bridgehead atoms. The van der Waals surface area contributed by atoms with Crippen molar-refractivity contribution in [2.45, 2.75) is 32.2 Å². The van der Waals surface area contributed by atoms with Gasteiger partial charge in [0.15, 0.2) is 11.2 Å². The zero-order valence-corrected chi connectivity index (χ0v) is 12.1. The summed E-state index contributed by atoms with van der Waals surface area (Å²) in [5.41, 5.74) is -0.0661. The van der Waals surface area contributed by atoms with Crippen molar-refractivity contribution in [1.29, 1.82) is 0 Å². The molecular formula is C13H19N5O2. The van der Waals surface area contributed by atoms with Crippen LogP contribution in [0.2, 0.25) is 0 Å². The maximum Gasteiger partial charge on any atom is 0.332 e. The summed E-state index contributed by atoms with van der Waals surface area (Å²) >= 11 is 0. The van der Waals surface area contributed by atoms with Gasteiger partial charge < -0.3 is 10.3 Å². The number of anilines is 1. The van der Waals surface area contributed by atoms with E-state index in [0.29, 0.717) is 23.0 Å². The molecule has 7 nitrogen and oxygen atoms in total. The second kappa shape index (κ2) is 3.97. The Hall–Kier alpha value is -2.05. The highest BCUT2D eigenvalue weighted by Crippen LogP contribution is 2.40. The van der Waals surface area contributed by atoms with Gasteiger partial charge in [-0.2, -0.15) is 4.98 Å². The van der Waals surface area contributed by atoms with Gasteiger partial charge in [-0.15, -0.1) is 0 Å². The van der Waals surface area contributed by atoms with Crippen molar-refractivity contribution in [2.75, 3.05) is 5.32 Å². The zero-order chi connectivity index (χ0) is 14.7. The van der Waals surface area contributed by atoms with Crippen LogP contribution in [0.1, 0.15) is 26.7 Å². The molecule has 2 aromatic rings. The Bertz CT molecular complexity index is 791. The molecule has 2 aromatic heterocycles. The average molecular weight is 277 g/mol. The van der Waals surface area contributed by atoms with Crippen molar-refractivity contribution in [3.8, 4) is 0 Å². The fourth-order valence-corrected chi connectivity index (χ4v) is 2.60. The number of aryl methyl sites for hydroxylation is 1. The Labute approximate surface area is 115 Å². The minimum atomic E-state index is -0.373. The summed E-state index contributed by atoms with van der Waals surface area (Å²) < 4.78 is 2.46. The van der Waals surface area contributed by atoms with Crippen LogP contribution in [0.25, 0.3) is 11.2 Å². The maximum absolute atomic E-state index is 12.1. The number of nitrogens with zero attached hydrogens (tertiary/aromatic N) is 3. The fourth-order valence-electron chi connectivity index (χ4n) is 2.60. The number of nitrogens with one attached hydrogen (secondary N) is 2. The molecule has 0 amide bonds. The lowest BCUT2D eigenvalue weighted by molar-refractivity contribution is 0.491. The molecule has 0 spiro atoms. The molecule has 0 unspecified atom stereocenters. The van der Waals surface area contributed by atoms with Crippen molar-refractivity contribution in [1.82, 2.24) is 19.1 Å². The second-order valence-electron chi connectivity index (χ2n) is 6.11. The van der Waals surface area contributed by atoms with Crippen LogP contribution in [-0.2, 0) is 14.1 Å². The Morgan fingerprint density at radius 3 is 2.50 bits per heavy atom. The molecule has 1 aliphatic carbocycles. The van der Waals surface area contributed by atoms with Crippen molar-refractivity contribution >= 4 is 17.1 Å². The van der Waals surface area contributed by atoms with E-state index >= 15 is 0 Å². The normalized spacial score (nSPS) is 15.8. The van der Waals surface area contributed by atoms with Crippen LogP contribution < -0.4 is 16.6 Å². The standard InChI is InChI=1S/C13H19N5O2/c1-13(2,7-5-6-7)16-11-14-8-9(15-11)17(3)12(20)18(4)10(8)19/h7H,5-6H2,1-4H3,(H2,14,15,16). The molecule has 0 aromatic carbocycles. The highest BCUT2D eigenvalue weighted by molar-refractivity contribution is 5.72. The molecule has 0 radical (unpaired) electrons. The predicted molar refractivity (Wildman–Crippen MR) is 77.0 cm³/mol. The van der Waals surface area contributed by atoms with Gasteiger partial charge in [-0.05, 0) is 32.6 Å². The SMILES string of the molecule is Cn1c(=O)c2[nH]c(NC(C)(C)C3CC3)nc2n(C)c1=O. The molecule has 2 heterocycles. The third-order valence-electron chi connectivity index (χ3n) is 4.13. The number of aromatic amines is 1. The third-order valence-corrected chi connectivity index (χ3v) is 4.13. The summed E-state index contributed by atoms with van der Waals surface area (Å²) in [4.78, 5) is 31.3. The van der Waals surface area contributed by atoms with E-state index in [0.717, 1.165) is 4.57 Å². The molecule has 7 heteroatoms. The second-order valence-corrected chi connectivity index (χ2v) is 6.11. The molecule has 20 heavy (non-hydrogen) atoms. The Kier molecular flexibility index (Phi) is 2.57. The number of rotatable bonds is 3. The fraction of sp³-hybridized carbons (Fsp3) is 0.615. The first kappa shape index (κ1) is 13.0. The van der Waals surface area contributed by atoms with Gasteiger partial charge in [0.05, 0.1) is 0 Å². The summed E-state index contributed by atoms with van der Waals surface area (Å²) in [7, 11) is 3.08. The molecule has 0 saturated heterocycles. The van der Waals surface area contributed by atoms with Crippen molar-refractivity contribution in [3.63, 3.8) is 0 Å². The molecule has 0 atom stereocenters. The van der Waals surface area contributed by atoms with Crippen molar-refractivity contribution in [2.24, 2.45) is 20.0 Å². The highest BCUT2D eigenvalue weighted by atomic mass is 16.2. The van der Waals surface area contributed by atoms with Gasteiger partial charge in [-0.1, -0.05) is 0 Å². The Balaban J connectivity index is 2.11. The number of hydrogen-bond donors (Lipinski definition) is 2. The van der Waals surface area contributed by atoms with Crippen LogP contribution in [0.3, 0.4) is 0 Å². The number of aromatic nitrogens is 4. The van der Waals surface area contributed by atoms with Gasteiger partial charge >= 0.3 is 5.69 Å². The minimum Gasteiger partial charge on any atom is -0.351 e. The topological polar surface area (TPSA) is 84.7 Å². The van der Waals surface area contributed by atoms with Crippen molar-refractivity contribution < 1.29 is 0 Å². The molecule has 3 rings (SSSR count).